The first kappa shape index (κ1) is 21.3. The molecule has 0 unspecified atom stereocenters. The molecule has 3 rings (SSSR count). The SMILES string of the molecule is CCNC(=NCCCN1CCOCC1)NCCc1nccn1Cc1ccccc1. The van der Waals surface area contributed by atoms with Crippen LogP contribution in [0.3, 0.4) is 0 Å². The normalized spacial score (nSPS) is 15.4. The van der Waals surface area contributed by atoms with Crippen LogP contribution in [0.15, 0.2) is 47.7 Å². The molecule has 2 aromatic rings. The Hall–Kier alpha value is -2.38. The van der Waals surface area contributed by atoms with Crippen molar-refractivity contribution >= 4 is 5.96 Å². The average molecular weight is 399 g/mol. The molecule has 0 spiro atoms. The van der Waals surface area contributed by atoms with Gasteiger partial charge in [0.05, 0.1) is 13.2 Å². The van der Waals surface area contributed by atoms with E-state index in [2.05, 4.69) is 56.3 Å². The number of aromatic nitrogens is 2. The first-order chi connectivity index (χ1) is 14.3. The summed E-state index contributed by atoms with van der Waals surface area (Å²) in [7, 11) is 0. The van der Waals surface area contributed by atoms with E-state index in [4.69, 9.17) is 9.73 Å². The van der Waals surface area contributed by atoms with E-state index in [1.807, 2.05) is 18.5 Å². The summed E-state index contributed by atoms with van der Waals surface area (Å²) in [6, 6.07) is 10.5. The molecule has 1 fully saturated rings. The lowest BCUT2D eigenvalue weighted by atomic mass is 10.2. The molecule has 2 N–H and O–H groups in total. The van der Waals surface area contributed by atoms with E-state index in [0.29, 0.717) is 0 Å². The Morgan fingerprint density at radius 2 is 2.00 bits per heavy atom. The molecule has 1 aromatic heterocycles. The van der Waals surface area contributed by atoms with Gasteiger partial charge in [0.2, 0.25) is 0 Å². The van der Waals surface area contributed by atoms with Crippen LogP contribution in [-0.4, -0.2) is 72.9 Å². The van der Waals surface area contributed by atoms with Crippen LogP contribution in [0, 0.1) is 0 Å². The number of rotatable bonds is 10. The van der Waals surface area contributed by atoms with Crippen molar-refractivity contribution in [2.24, 2.45) is 4.99 Å². The van der Waals surface area contributed by atoms with E-state index >= 15 is 0 Å². The summed E-state index contributed by atoms with van der Waals surface area (Å²) in [6.45, 7) is 10.3. The number of hydrogen-bond acceptors (Lipinski definition) is 4. The predicted molar refractivity (Wildman–Crippen MR) is 117 cm³/mol. The minimum Gasteiger partial charge on any atom is -0.379 e. The lowest BCUT2D eigenvalue weighted by Crippen LogP contribution is -2.39. The van der Waals surface area contributed by atoms with Gasteiger partial charge in [0, 0.05) is 64.6 Å². The summed E-state index contributed by atoms with van der Waals surface area (Å²) in [5.41, 5.74) is 1.29. The second-order valence-electron chi connectivity index (χ2n) is 7.20. The van der Waals surface area contributed by atoms with Crippen molar-refractivity contribution in [2.45, 2.75) is 26.3 Å². The highest BCUT2D eigenvalue weighted by atomic mass is 16.5. The maximum atomic E-state index is 5.40. The fourth-order valence-electron chi connectivity index (χ4n) is 3.44. The van der Waals surface area contributed by atoms with Gasteiger partial charge in [-0.25, -0.2) is 4.98 Å². The lowest BCUT2D eigenvalue weighted by Gasteiger charge is -2.26. The third-order valence-electron chi connectivity index (χ3n) is 4.99. The number of guanidine groups is 1. The molecule has 0 saturated carbocycles. The molecule has 7 nitrogen and oxygen atoms in total. The Kier molecular flexibility index (Phi) is 9.00. The van der Waals surface area contributed by atoms with Gasteiger partial charge in [0.15, 0.2) is 5.96 Å². The Balaban J connectivity index is 1.41. The minimum absolute atomic E-state index is 0.807. The first-order valence-corrected chi connectivity index (χ1v) is 10.7. The molecule has 1 saturated heterocycles. The third kappa shape index (κ3) is 7.51. The van der Waals surface area contributed by atoms with Crippen LogP contribution in [0.5, 0.6) is 0 Å². The number of morpholine rings is 1. The zero-order valence-corrected chi connectivity index (χ0v) is 17.5. The molecule has 2 heterocycles. The zero-order valence-electron chi connectivity index (χ0n) is 17.5. The Labute approximate surface area is 174 Å². The number of nitrogens with one attached hydrogen (secondary N) is 2. The zero-order chi connectivity index (χ0) is 20.2. The molecule has 0 bridgehead atoms. The van der Waals surface area contributed by atoms with Gasteiger partial charge in [0.25, 0.3) is 0 Å². The largest absolute Gasteiger partial charge is 0.379 e. The molecule has 1 aliphatic heterocycles. The van der Waals surface area contributed by atoms with Gasteiger partial charge in [-0.15, -0.1) is 0 Å². The molecular weight excluding hydrogens is 364 g/mol. The summed E-state index contributed by atoms with van der Waals surface area (Å²) in [5, 5.41) is 6.77. The summed E-state index contributed by atoms with van der Waals surface area (Å²) in [6.07, 6.45) is 5.85. The first-order valence-electron chi connectivity index (χ1n) is 10.7. The van der Waals surface area contributed by atoms with Crippen molar-refractivity contribution in [3.63, 3.8) is 0 Å². The van der Waals surface area contributed by atoms with Crippen molar-refractivity contribution in [2.75, 3.05) is 52.5 Å². The van der Waals surface area contributed by atoms with Gasteiger partial charge >= 0.3 is 0 Å². The quantitative estimate of drug-likeness (QED) is 0.363. The predicted octanol–water partition coefficient (Wildman–Crippen LogP) is 1.75. The summed E-state index contributed by atoms with van der Waals surface area (Å²) in [4.78, 5) is 11.7. The maximum Gasteiger partial charge on any atom is 0.191 e. The molecule has 0 radical (unpaired) electrons. The molecule has 158 valence electrons. The van der Waals surface area contributed by atoms with Gasteiger partial charge in [-0.05, 0) is 18.9 Å². The summed E-state index contributed by atoms with van der Waals surface area (Å²) in [5.74, 6) is 1.97. The van der Waals surface area contributed by atoms with E-state index in [1.165, 1.54) is 5.56 Å². The van der Waals surface area contributed by atoms with E-state index in [1.54, 1.807) is 0 Å². The van der Waals surface area contributed by atoms with Crippen LogP contribution in [0.2, 0.25) is 0 Å². The van der Waals surface area contributed by atoms with E-state index < -0.39 is 0 Å². The summed E-state index contributed by atoms with van der Waals surface area (Å²) < 4.78 is 7.61. The van der Waals surface area contributed by atoms with E-state index in [9.17, 15) is 0 Å². The smallest absolute Gasteiger partial charge is 0.191 e. The second kappa shape index (κ2) is 12.2. The fourth-order valence-corrected chi connectivity index (χ4v) is 3.44. The minimum atomic E-state index is 0.807. The maximum absolute atomic E-state index is 5.40. The number of hydrogen-bond donors (Lipinski definition) is 2. The van der Waals surface area contributed by atoms with Crippen LogP contribution < -0.4 is 10.6 Å². The van der Waals surface area contributed by atoms with Crippen molar-refractivity contribution in [3.05, 3.63) is 54.1 Å². The lowest BCUT2D eigenvalue weighted by molar-refractivity contribution is 0.0377. The number of imidazole rings is 1. The molecule has 29 heavy (non-hydrogen) atoms. The Morgan fingerprint density at radius 3 is 2.79 bits per heavy atom. The highest BCUT2D eigenvalue weighted by Gasteiger charge is 2.09. The molecular formula is C22H34N6O. The molecule has 7 heteroatoms. The van der Waals surface area contributed by atoms with Crippen molar-refractivity contribution in [1.29, 1.82) is 0 Å². The Morgan fingerprint density at radius 1 is 1.17 bits per heavy atom. The van der Waals surface area contributed by atoms with Crippen molar-refractivity contribution in [1.82, 2.24) is 25.1 Å². The highest BCUT2D eigenvalue weighted by Crippen LogP contribution is 2.06. The molecule has 0 amide bonds. The van der Waals surface area contributed by atoms with Gasteiger partial charge in [-0.1, -0.05) is 30.3 Å². The topological polar surface area (TPSA) is 66.7 Å². The van der Waals surface area contributed by atoms with Crippen molar-refractivity contribution in [3.8, 4) is 0 Å². The standard InChI is InChI=1S/C22H34N6O/c1-2-23-22(25-10-6-13-27-15-17-29-18-16-27)26-11-9-21-24-12-14-28(21)19-20-7-4-3-5-8-20/h3-5,7-8,12,14H,2,6,9-11,13,15-19H2,1H3,(H2,23,25,26). The van der Waals surface area contributed by atoms with E-state index in [0.717, 1.165) is 83.7 Å². The van der Waals surface area contributed by atoms with Gasteiger partial charge in [0.1, 0.15) is 5.82 Å². The van der Waals surface area contributed by atoms with Crippen LogP contribution >= 0.6 is 0 Å². The van der Waals surface area contributed by atoms with Crippen LogP contribution in [0.25, 0.3) is 0 Å². The number of nitrogens with zero attached hydrogens (tertiary/aromatic N) is 4. The highest BCUT2D eigenvalue weighted by molar-refractivity contribution is 5.79. The Bertz CT molecular complexity index is 724. The fraction of sp³-hybridized carbons (Fsp3) is 0.545. The van der Waals surface area contributed by atoms with Crippen molar-refractivity contribution < 1.29 is 4.74 Å². The monoisotopic (exact) mass is 398 g/mol. The van der Waals surface area contributed by atoms with Gasteiger partial charge < -0.3 is 19.9 Å². The van der Waals surface area contributed by atoms with Crippen LogP contribution in [0.4, 0.5) is 0 Å². The molecule has 0 aliphatic carbocycles. The molecule has 1 aliphatic rings. The van der Waals surface area contributed by atoms with Gasteiger partial charge in [-0.2, -0.15) is 0 Å². The number of ether oxygens (including phenoxy) is 1. The molecule has 1 aromatic carbocycles. The number of aliphatic imine (C=N–C) groups is 1. The van der Waals surface area contributed by atoms with Crippen LogP contribution in [-0.2, 0) is 17.7 Å². The molecule has 0 atom stereocenters. The second-order valence-corrected chi connectivity index (χ2v) is 7.20. The number of benzene rings is 1. The average Bonchev–Trinajstić information content (AvgIpc) is 3.19. The third-order valence-corrected chi connectivity index (χ3v) is 4.99. The summed E-state index contributed by atoms with van der Waals surface area (Å²) >= 11 is 0. The van der Waals surface area contributed by atoms with E-state index in [-0.39, 0.29) is 0 Å². The van der Waals surface area contributed by atoms with Crippen LogP contribution in [0.1, 0.15) is 24.7 Å². The van der Waals surface area contributed by atoms with Gasteiger partial charge in [-0.3, -0.25) is 9.89 Å².